The first-order chi connectivity index (χ1) is 7.19. The molecule has 15 heavy (non-hydrogen) atoms. The lowest BCUT2D eigenvalue weighted by Crippen LogP contribution is -2.34. The minimum atomic E-state index is 0.0526. The van der Waals surface area contributed by atoms with Crippen LogP contribution in [-0.4, -0.2) is 40.6 Å². The number of hydrogen-bond donors (Lipinski definition) is 1. The molecule has 0 spiro atoms. The molecule has 82 valence electrons. The first-order valence-electron chi connectivity index (χ1n) is 4.83. The van der Waals surface area contributed by atoms with Gasteiger partial charge in [-0.2, -0.15) is 0 Å². The van der Waals surface area contributed by atoms with Crippen LogP contribution in [0.25, 0.3) is 0 Å². The summed E-state index contributed by atoms with van der Waals surface area (Å²) < 4.78 is 0. The molecular weight excluding hydrogens is 194 g/mol. The highest BCUT2D eigenvalue weighted by Gasteiger charge is 2.12. The lowest BCUT2D eigenvalue weighted by atomic mass is 10.3. The highest BCUT2D eigenvalue weighted by atomic mass is 16.3. The first kappa shape index (κ1) is 11.6. The fraction of sp³-hybridized carbons (Fsp3) is 0.500. The minimum Gasteiger partial charge on any atom is -0.395 e. The van der Waals surface area contributed by atoms with Crippen molar-refractivity contribution in [1.29, 1.82) is 0 Å². The molecule has 1 aromatic rings. The summed E-state index contributed by atoms with van der Waals surface area (Å²) >= 11 is 0. The van der Waals surface area contributed by atoms with Crippen molar-refractivity contribution in [2.75, 3.05) is 18.1 Å². The van der Waals surface area contributed by atoms with Crippen LogP contribution in [0, 0.1) is 0 Å². The number of carbonyl (C=O) groups excluding carboxylic acids is 1. The zero-order chi connectivity index (χ0) is 11.3. The van der Waals surface area contributed by atoms with Gasteiger partial charge < -0.3 is 10.0 Å². The monoisotopic (exact) mass is 209 g/mol. The molecule has 0 bridgehead atoms. The van der Waals surface area contributed by atoms with Gasteiger partial charge in [0.05, 0.1) is 12.2 Å². The van der Waals surface area contributed by atoms with Crippen LogP contribution in [0.4, 0.5) is 5.95 Å². The first-order valence-corrected chi connectivity index (χ1v) is 4.83. The Bertz CT molecular complexity index is 311. The molecule has 5 heteroatoms. The third kappa shape index (κ3) is 2.99. The average molecular weight is 209 g/mol. The van der Waals surface area contributed by atoms with E-state index in [1.165, 1.54) is 12.4 Å². The normalized spacial score (nSPS) is 10.4. The van der Waals surface area contributed by atoms with E-state index in [1.54, 1.807) is 0 Å². The Morgan fingerprint density at radius 1 is 1.47 bits per heavy atom. The van der Waals surface area contributed by atoms with Gasteiger partial charge in [0.2, 0.25) is 5.95 Å². The van der Waals surface area contributed by atoms with E-state index < -0.39 is 0 Å². The number of aldehydes is 1. The van der Waals surface area contributed by atoms with E-state index >= 15 is 0 Å². The summed E-state index contributed by atoms with van der Waals surface area (Å²) in [7, 11) is 0. The van der Waals surface area contributed by atoms with Crippen molar-refractivity contribution in [2.45, 2.75) is 19.9 Å². The quantitative estimate of drug-likeness (QED) is 0.715. The van der Waals surface area contributed by atoms with Crippen LogP contribution >= 0.6 is 0 Å². The molecule has 0 amide bonds. The predicted octanol–water partition coefficient (Wildman–Crippen LogP) is 0.496. The Morgan fingerprint density at radius 2 is 2.07 bits per heavy atom. The van der Waals surface area contributed by atoms with E-state index in [-0.39, 0.29) is 12.6 Å². The van der Waals surface area contributed by atoms with Crippen LogP contribution in [-0.2, 0) is 0 Å². The number of carbonyl (C=O) groups is 1. The second-order valence-corrected chi connectivity index (χ2v) is 3.44. The molecule has 0 aliphatic rings. The summed E-state index contributed by atoms with van der Waals surface area (Å²) in [6.07, 6.45) is 3.65. The number of anilines is 1. The summed E-state index contributed by atoms with van der Waals surface area (Å²) in [5, 5.41) is 8.89. The summed E-state index contributed by atoms with van der Waals surface area (Å²) in [6, 6.07) is 0.208. The van der Waals surface area contributed by atoms with Crippen molar-refractivity contribution >= 4 is 12.2 Å². The Morgan fingerprint density at radius 3 is 2.47 bits per heavy atom. The van der Waals surface area contributed by atoms with E-state index in [4.69, 9.17) is 5.11 Å². The van der Waals surface area contributed by atoms with Crippen LogP contribution < -0.4 is 4.90 Å². The van der Waals surface area contributed by atoms with E-state index in [0.29, 0.717) is 24.3 Å². The maximum atomic E-state index is 10.4. The highest BCUT2D eigenvalue weighted by Crippen LogP contribution is 2.09. The Labute approximate surface area is 88.8 Å². The Kier molecular flexibility index (Phi) is 4.17. The fourth-order valence-electron chi connectivity index (χ4n) is 1.24. The zero-order valence-corrected chi connectivity index (χ0v) is 8.92. The third-order valence-electron chi connectivity index (χ3n) is 2.02. The van der Waals surface area contributed by atoms with Crippen molar-refractivity contribution in [1.82, 2.24) is 9.97 Å². The number of hydrogen-bond acceptors (Lipinski definition) is 5. The molecular formula is C10H15N3O2. The van der Waals surface area contributed by atoms with Gasteiger partial charge in [-0.1, -0.05) is 0 Å². The highest BCUT2D eigenvalue weighted by molar-refractivity contribution is 5.73. The molecule has 5 nitrogen and oxygen atoms in total. The number of aliphatic hydroxyl groups is 1. The second kappa shape index (κ2) is 5.41. The van der Waals surface area contributed by atoms with Gasteiger partial charge in [0.1, 0.15) is 0 Å². The maximum Gasteiger partial charge on any atom is 0.225 e. The number of aliphatic hydroxyl groups excluding tert-OH is 1. The molecule has 1 N–H and O–H groups in total. The molecule has 1 aromatic heterocycles. The van der Waals surface area contributed by atoms with Crippen molar-refractivity contribution in [3.8, 4) is 0 Å². The fourth-order valence-corrected chi connectivity index (χ4v) is 1.24. The SMILES string of the molecule is CC(C)N(CCO)c1ncc(C=O)cn1. The van der Waals surface area contributed by atoms with Gasteiger partial charge in [-0.15, -0.1) is 0 Å². The third-order valence-corrected chi connectivity index (χ3v) is 2.02. The molecule has 0 aromatic carbocycles. The molecule has 0 saturated carbocycles. The topological polar surface area (TPSA) is 66.3 Å². The molecule has 0 unspecified atom stereocenters. The molecule has 1 heterocycles. The standard InChI is InChI=1S/C10H15N3O2/c1-8(2)13(3-4-14)10-11-5-9(7-15)6-12-10/h5-8,14H,3-4H2,1-2H3. The van der Waals surface area contributed by atoms with Crippen LogP contribution in [0.15, 0.2) is 12.4 Å². The van der Waals surface area contributed by atoms with Crippen LogP contribution in [0.5, 0.6) is 0 Å². The Balaban J connectivity index is 2.86. The van der Waals surface area contributed by atoms with Crippen molar-refractivity contribution < 1.29 is 9.90 Å². The molecule has 0 aliphatic carbocycles. The minimum absolute atomic E-state index is 0.0526. The van der Waals surface area contributed by atoms with Crippen LogP contribution in [0.2, 0.25) is 0 Å². The van der Waals surface area contributed by atoms with Gasteiger partial charge in [-0.3, -0.25) is 4.79 Å². The molecule has 0 atom stereocenters. The molecule has 0 fully saturated rings. The summed E-state index contributed by atoms with van der Waals surface area (Å²) in [5.74, 6) is 0.532. The van der Waals surface area contributed by atoms with Gasteiger partial charge >= 0.3 is 0 Å². The van der Waals surface area contributed by atoms with E-state index in [9.17, 15) is 4.79 Å². The second-order valence-electron chi connectivity index (χ2n) is 3.44. The summed E-state index contributed by atoms with van der Waals surface area (Å²) in [6.45, 7) is 4.52. The van der Waals surface area contributed by atoms with Crippen molar-refractivity contribution in [3.05, 3.63) is 18.0 Å². The number of aromatic nitrogens is 2. The lowest BCUT2D eigenvalue weighted by molar-refractivity contribution is 0.112. The lowest BCUT2D eigenvalue weighted by Gasteiger charge is -2.25. The van der Waals surface area contributed by atoms with Gasteiger partial charge in [0.25, 0.3) is 0 Å². The predicted molar refractivity (Wildman–Crippen MR) is 57.0 cm³/mol. The molecule has 0 radical (unpaired) electrons. The molecule has 0 saturated heterocycles. The maximum absolute atomic E-state index is 10.4. The molecule has 0 aliphatic heterocycles. The zero-order valence-electron chi connectivity index (χ0n) is 8.92. The van der Waals surface area contributed by atoms with Gasteiger partial charge in [-0.05, 0) is 13.8 Å². The largest absolute Gasteiger partial charge is 0.395 e. The smallest absolute Gasteiger partial charge is 0.225 e. The van der Waals surface area contributed by atoms with Gasteiger partial charge in [0, 0.05) is 25.0 Å². The van der Waals surface area contributed by atoms with Crippen LogP contribution in [0.3, 0.4) is 0 Å². The van der Waals surface area contributed by atoms with E-state index in [2.05, 4.69) is 9.97 Å². The van der Waals surface area contributed by atoms with Gasteiger partial charge in [0.15, 0.2) is 6.29 Å². The van der Waals surface area contributed by atoms with Gasteiger partial charge in [-0.25, -0.2) is 9.97 Å². The van der Waals surface area contributed by atoms with Crippen molar-refractivity contribution in [3.63, 3.8) is 0 Å². The number of rotatable bonds is 5. The van der Waals surface area contributed by atoms with E-state index in [1.807, 2.05) is 18.7 Å². The Hall–Kier alpha value is -1.49. The number of nitrogens with zero attached hydrogens (tertiary/aromatic N) is 3. The van der Waals surface area contributed by atoms with Crippen LogP contribution in [0.1, 0.15) is 24.2 Å². The summed E-state index contributed by atoms with van der Waals surface area (Å²) in [5.41, 5.74) is 0.450. The summed E-state index contributed by atoms with van der Waals surface area (Å²) in [4.78, 5) is 20.4. The van der Waals surface area contributed by atoms with Crippen molar-refractivity contribution in [2.24, 2.45) is 0 Å². The van der Waals surface area contributed by atoms with E-state index in [0.717, 1.165) is 0 Å². The average Bonchev–Trinajstić information content (AvgIpc) is 2.26. The molecule has 1 rings (SSSR count).